The Morgan fingerprint density at radius 3 is 2.05 bits per heavy atom. The highest BCUT2D eigenvalue weighted by Crippen LogP contribution is 2.42. The Kier molecular flexibility index (Phi) is 5.95. The van der Waals surface area contributed by atoms with Gasteiger partial charge in [-0.3, -0.25) is 0 Å². The normalized spacial score (nSPS) is 35.5. The summed E-state index contributed by atoms with van der Waals surface area (Å²) in [4.78, 5) is 0. The van der Waals surface area contributed by atoms with E-state index in [1.54, 1.807) is 0 Å². The van der Waals surface area contributed by atoms with Crippen LogP contribution >= 0.6 is 0 Å². The Labute approximate surface area is 119 Å². The van der Waals surface area contributed by atoms with Gasteiger partial charge in [-0.25, -0.2) is 0 Å². The summed E-state index contributed by atoms with van der Waals surface area (Å²) in [6, 6.07) is 2.46. The average Bonchev–Trinajstić information content (AvgIpc) is 2.48. The number of nitriles is 1. The molecular weight excluding hydrogens is 230 g/mol. The van der Waals surface area contributed by atoms with Crippen molar-refractivity contribution in [2.45, 2.75) is 70.6 Å². The first-order valence-electron chi connectivity index (χ1n) is 8.34. The third-order valence-corrected chi connectivity index (χ3v) is 5.53. The summed E-state index contributed by atoms with van der Waals surface area (Å²) in [5.41, 5.74) is 0. The predicted octanol–water partition coefficient (Wildman–Crippen LogP) is 5.48. The zero-order valence-electron chi connectivity index (χ0n) is 12.3. The number of nitrogens with zero attached hydrogens (tertiary/aromatic N) is 1. The molecule has 106 valence electrons. The molecule has 0 amide bonds. The van der Waals surface area contributed by atoms with E-state index >= 15 is 0 Å². The second-order valence-electron chi connectivity index (χ2n) is 6.74. The summed E-state index contributed by atoms with van der Waals surface area (Å²) < 4.78 is 0. The van der Waals surface area contributed by atoms with E-state index in [2.05, 4.69) is 18.7 Å². The van der Waals surface area contributed by atoms with Gasteiger partial charge in [0.05, 0.1) is 6.07 Å². The van der Waals surface area contributed by atoms with E-state index < -0.39 is 0 Å². The van der Waals surface area contributed by atoms with E-state index in [0.717, 1.165) is 17.8 Å². The van der Waals surface area contributed by atoms with Gasteiger partial charge in [0.15, 0.2) is 0 Å². The Morgan fingerprint density at radius 1 is 0.947 bits per heavy atom. The number of unbranched alkanes of at least 4 members (excludes halogenated alkanes) is 1. The van der Waals surface area contributed by atoms with Crippen molar-refractivity contribution in [3.8, 4) is 6.07 Å². The SMILES string of the molecule is C=CCCCC1CCC([C@H]2CC[C@H](C#N)CC2)CC1. The van der Waals surface area contributed by atoms with Crippen LogP contribution in [0.1, 0.15) is 70.6 Å². The molecule has 2 aliphatic carbocycles. The van der Waals surface area contributed by atoms with Crippen molar-refractivity contribution in [3.63, 3.8) is 0 Å². The van der Waals surface area contributed by atoms with E-state index in [1.165, 1.54) is 70.6 Å². The molecule has 2 fully saturated rings. The van der Waals surface area contributed by atoms with Crippen LogP contribution in [0.4, 0.5) is 0 Å². The van der Waals surface area contributed by atoms with E-state index in [4.69, 9.17) is 5.26 Å². The minimum Gasteiger partial charge on any atom is -0.198 e. The van der Waals surface area contributed by atoms with Crippen LogP contribution < -0.4 is 0 Å². The second kappa shape index (κ2) is 7.73. The molecule has 1 heteroatoms. The quantitative estimate of drug-likeness (QED) is 0.474. The largest absolute Gasteiger partial charge is 0.198 e. The summed E-state index contributed by atoms with van der Waals surface area (Å²) in [5, 5.41) is 8.97. The van der Waals surface area contributed by atoms with Crippen molar-refractivity contribution in [2.75, 3.05) is 0 Å². The summed E-state index contributed by atoms with van der Waals surface area (Å²) in [6.45, 7) is 3.81. The molecule has 0 unspecified atom stereocenters. The zero-order valence-corrected chi connectivity index (χ0v) is 12.3. The summed E-state index contributed by atoms with van der Waals surface area (Å²) in [5.74, 6) is 3.28. The number of allylic oxidation sites excluding steroid dienone is 1. The van der Waals surface area contributed by atoms with Gasteiger partial charge in [-0.1, -0.05) is 25.3 Å². The van der Waals surface area contributed by atoms with Crippen LogP contribution in [-0.2, 0) is 0 Å². The van der Waals surface area contributed by atoms with Gasteiger partial charge in [0.2, 0.25) is 0 Å². The molecule has 0 radical (unpaired) electrons. The van der Waals surface area contributed by atoms with Gasteiger partial charge >= 0.3 is 0 Å². The van der Waals surface area contributed by atoms with E-state index in [1.807, 2.05) is 0 Å². The van der Waals surface area contributed by atoms with Crippen LogP contribution in [0.25, 0.3) is 0 Å². The van der Waals surface area contributed by atoms with Crippen molar-refractivity contribution in [1.29, 1.82) is 5.26 Å². The maximum Gasteiger partial charge on any atom is 0.0655 e. The monoisotopic (exact) mass is 259 g/mol. The molecule has 0 spiro atoms. The van der Waals surface area contributed by atoms with Gasteiger partial charge in [0.1, 0.15) is 0 Å². The van der Waals surface area contributed by atoms with Crippen molar-refractivity contribution in [1.82, 2.24) is 0 Å². The van der Waals surface area contributed by atoms with Crippen LogP contribution in [0.3, 0.4) is 0 Å². The third kappa shape index (κ3) is 4.37. The highest BCUT2D eigenvalue weighted by Gasteiger charge is 2.30. The Morgan fingerprint density at radius 2 is 1.53 bits per heavy atom. The summed E-state index contributed by atoms with van der Waals surface area (Å²) >= 11 is 0. The lowest BCUT2D eigenvalue weighted by Gasteiger charge is -2.36. The van der Waals surface area contributed by atoms with E-state index in [9.17, 15) is 0 Å². The van der Waals surface area contributed by atoms with Gasteiger partial charge in [0.25, 0.3) is 0 Å². The molecule has 0 aromatic heterocycles. The highest BCUT2D eigenvalue weighted by molar-refractivity contribution is 4.89. The fourth-order valence-electron chi connectivity index (χ4n) is 4.22. The fourth-order valence-corrected chi connectivity index (χ4v) is 4.22. The molecule has 2 aliphatic rings. The van der Waals surface area contributed by atoms with Crippen molar-refractivity contribution in [3.05, 3.63) is 12.7 Å². The summed E-state index contributed by atoms with van der Waals surface area (Å²) in [6.07, 6.45) is 16.8. The molecule has 2 rings (SSSR count). The molecule has 0 bridgehead atoms. The second-order valence-corrected chi connectivity index (χ2v) is 6.74. The molecule has 0 N–H and O–H groups in total. The summed E-state index contributed by atoms with van der Waals surface area (Å²) in [7, 11) is 0. The molecule has 2 saturated carbocycles. The van der Waals surface area contributed by atoms with Crippen molar-refractivity contribution >= 4 is 0 Å². The maximum absolute atomic E-state index is 8.97. The van der Waals surface area contributed by atoms with Gasteiger partial charge in [-0.15, -0.1) is 6.58 Å². The van der Waals surface area contributed by atoms with E-state index in [0.29, 0.717) is 5.92 Å². The Balaban J connectivity index is 1.66. The van der Waals surface area contributed by atoms with Crippen molar-refractivity contribution < 1.29 is 0 Å². The lowest BCUT2D eigenvalue weighted by atomic mass is 9.69. The minimum absolute atomic E-state index is 0.367. The van der Waals surface area contributed by atoms with Gasteiger partial charge in [0, 0.05) is 5.92 Å². The first-order chi connectivity index (χ1) is 9.33. The molecule has 0 heterocycles. The highest BCUT2D eigenvalue weighted by atomic mass is 14.4. The minimum atomic E-state index is 0.367. The van der Waals surface area contributed by atoms with Crippen LogP contribution in [0.15, 0.2) is 12.7 Å². The molecular formula is C18H29N. The topological polar surface area (TPSA) is 23.8 Å². The standard InChI is InChI=1S/C18H29N/c1-2-3-4-5-15-6-10-17(11-7-15)18-12-8-16(14-19)9-13-18/h2,15-18H,1,3-13H2/t15?,16-,17?,18-. The third-order valence-electron chi connectivity index (χ3n) is 5.53. The van der Waals surface area contributed by atoms with Crippen LogP contribution in [0.2, 0.25) is 0 Å². The number of hydrogen-bond acceptors (Lipinski definition) is 1. The number of hydrogen-bond donors (Lipinski definition) is 0. The first-order valence-corrected chi connectivity index (χ1v) is 8.34. The average molecular weight is 259 g/mol. The number of rotatable bonds is 5. The molecule has 0 atom stereocenters. The molecule has 0 aromatic rings. The van der Waals surface area contributed by atoms with Gasteiger partial charge in [-0.05, 0) is 69.1 Å². The molecule has 0 saturated heterocycles. The van der Waals surface area contributed by atoms with Crippen LogP contribution in [-0.4, -0.2) is 0 Å². The first kappa shape index (κ1) is 14.6. The van der Waals surface area contributed by atoms with Crippen LogP contribution in [0, 0.1) is 35.0 Å². The Hall–Kier alpha value is -0.770. The van der Waals surface area contributed by atoms with Gasteiger partial charge in [-0.2, -0.15) is 5.26 Å². The lowest BCUT2D eigenvalue weighted by Crippen LogP contribution is -2.25. The van der Waals surface area contributed by atoms with Crippen LogP contribution in [0.5, 0.6) is 0 Å². The fraction of sp³-hybridized carbons (Fsp3) is 0.833. The van der Waals surface area contributed by atoms with Crippen molar-refractivity contribution in [2.24, 2.45) is 23.7 Å². The van der Waals surface area contributed by atoms with Gasteiger partial charge < -0.3 is 0 Å². The molecule has 1 nitrogen and oxygen atoms in total. The predicted molar refractivity (Wildman–Crippen MR) is 80.6 cm³/mol. The molecule has 0 aliphatic heterocycles. The van der Waals surface area contributed by atoms with E-state index in [-0.39, 0.29) is 0 Å². The molecule has 19 heavy (non-hydrogen) atoms. The smallest absolute Gasteiger partial charge is 0.0655 e. The lowest BCUT2D eigenvalue weighted by molar-refractivity contribution is 0.153. The maximum atomic E-state index is 8.97. The Bertz CT molecular complexity index is 298. The zero-order chi connectivity index (χ0) is 13.5. The molecule has 0 aromatic carbocycles.